The Balaban J connectivity index is 0.000000217. The Bertz CT molecular complexity index is 1640. The van der Waals surface area contributed by atoms with Crippen LogP contribution in [0.1, 0.15) is 257 Å². The molecule has 426 valence electrons. The fourth-order valence-corrected chi connectivity index (χ4v) is 19.1. The van der Waals surface area contributed by atoms with Crippen LogP contribution in [-0.4, -0.2) is 50.3 Å². The molecule has 0 aromatic heterocycles. The van der Waals surface area contributed by atoms with Gasteiger partial charge in [-0.15, -0.1) is 0 Å². The van der Waals surface area contributed by atoms with Gasteiger partial charge in [0.2, 0.25) is 0 Å². The minimum Gasteiger partial charge on any atom is -0.396 e. The number of hydrogen-bond acceptors (Lipinski definition) is 4. The number of aliphatic hydroxyl groups is 1. The van der Waals surface area contributed by atoms with E-state index in [9.17, 15) is 0 Å². The van der Waals surface area contributed by atoms with Crippen molar-refractivity contribution in [3.05, 3.63) is 47.6 Å². The molecule has 0 radical (unpaired) electrons. The summed E-state index contributed by atoms with van der Waals surface area (Å²) in [6, 6.07) is 0. The predicted molar refractivity (Wildman–Crippen MR) is 317 cm³/mol. The number of fused-ring (bicyclic) bond motifs is 10. The lowest BCUT2D eigenvalue weighted by atomic mass is 9.47. The van der Waals surface area contributed by atoms with Gasteiger partial charge in [0.25, 0.3) is 0 Å². The lowest BCUT2D eigenvalue weighted by Gasteiger charge is -2.58. The zero-order valence-corrected chi connectivity index (χ0v) is 49.8. The number of ether oxygens (including phenoxy) is 3. The van der Waals surface area contributed by atoms with Gasteiger partial charge in [-0.1, -0.05) is 176 Å². The molecule has 1 aliphatic heterocycles. The summed E-state index contributed by atoms with van der Waals surface area (Å²) in [4.78, 5) is 0. The Morgan fingerprint density at radius 2 is 1.01 bits per heavy atom. The fraction of sp³-hybridized carbons (Fsp3) is 0.886. The standard InChI is InChI=1S/C33H56O.C32H54O2.C4H8O.CH4/c1-7-8-9-10-22-34-27-18-20-32(5)26(23-27)14-15-28-30-17-16-29(25(4)13-11-12-24(2)3)33(30,6)21-19-31(28)32;1-23(2)10-9-11-24(3)28-14-15-29-27-13-12-25-22-26(34-21-8-6-7-20-33)16-18-31(25,4)30(27)17-19-32(28,29)5;1-2-4-5-3-1;/h9-10,14,24-25,27-31H,7-8,11-13,15-23H2,1-6H3;6,8,12,23-24,26-30,33H,7,9-11,13-22H2,1-5H3;1-4H2;1H4/b10-9+;8-6+;;/t25-,27+,28?,29-,30?,31?,32+,33-;24-,26+,27?,28-,29?,30?,31+,32-;;/m11../s1. The van der Waals surface area contributed by atoms with Crippen LogP contribution in [0, 0.1) is 92.7 Å². The molecule has 74 heavy (non-hydrogen) atoms. The lowest BCUT2D eigenvalue weighted by Crippen LogP contribution is -2.51. The van der Waals surface area contributed by atoms with Crippen LogP contribution in [0.2, 0.25) is 0 Å². The highest BCUT2D eigenvalue weighted by atomic mass is 16.5. The Morgan fingerprint density at radius 1 is 0.568 bits per heavy atom. The summed E-state index contributed by atoms with van der Waals surface area (Å²) in [5, 5.41) is 8.93. The van der Waals surface area contributed by atoms with Crippen LogP contribution in [0.25, 0.3) is 0 Å². The second-order valence-corrected chi connectivity index (χ2v) is 28.5. The van der Waals surface area contributed by atoms with Crippen molar-refractivity contribution in [2.45, 2.75) is 269 Å². The van der Waals surface area contributed by atoms with E-state index < -0.39 is 0 Å². The molecule has 9 aliphatic rings. The molecular weight excluding hydrogens is 905 g/mol. The van der Waals surface area contributed by atoms with Gasteiger partial charge in [0.15, 0.2) is 0 Å². The largest absolute Gasteiger partial charge is 0.396 e. The second kappa shape index (κ2) is 28.8. The van der Waals surface area contributed by atoms with Crippen molar-refractivity contribution in [1.29, 1.82) is 0 Å². The molecule has 1 N–H and O–H groups in total. The highest BCUT2D eigenvalue weighted by Crippen LogP contribution is 2.69. The summed E-state index contributed by atoms with van der Waals surface area (Å²) < 4.78 is 17.5. The van der Waals surface area contributed by atoms with E-state index in [2.05, 4.69) is 107 Å². The van der Waals surface area contributed by atoms with E-state index in [4.69, 9.17) is 19.3 Å². The molecule has 1 heterocycles. The van der Waals surface area contributed by atoms with Crippen molar-refractivity contribution in [2.24, 2.45) is 92.7 Å². The fourth-order valence-electron chi connectivity index (χ4n) is 19.1. The van der Waals surface area contributed by atoms with Gasteiger partial charge in [0, 0.05) is 19.8 Å². The third-order valence-electron chi connectivity index (χ3n) is 23.3. The van der Waals surface area contributed by atoms with Gasteiger partial charge in [-0.25, -0.2) is 0 Å². The predicted octanol–water partition coefficient (Wildman–Crippen LogP) is 19.6. The van der Waals surface area contributed by atoms with Crippen molar-refractivity contribution in [3.63, 3.8) is 0 Å². The Kier molecular flexibility index (Phi) is 24.1. The van der Waals surface area contributed by atoms with Crippen LogP contribution in [0.15, 0.2) is 47.6 Å². The van der Waals surface area contributed by atoms with Crippen LogP contribution in [-0.2, 0) is 14.2 Å². The van der Waals surface area contributed by atoms with Gasteiger partial charge in [0.05, 0.1) is 25.4 Å². The third-order valence-corrected chi connectivity index (χ3v) is 23.3. The van der Waals surface area contributed by atoms with Crippen molar-refractivity contribution < 1.29 is 19.3 Å². The van der Waals surface area contributed by atoms with Crippen LogP contribution in [0.5, 0.6) is 0 Å². The first-order valence-electron chi connectivity index (χ1n) is 32.2. The zero-order chi connectivity index (χ0) is 52.2. The number of unbranched alkanes of at least 4 members (excludes halogenated alkanes) is 1. The normalized spacial score (nSPS) is 39.0. The van der Waals surface area contributed by atoms with Gasteiger partial charge >= 0.3 is 0 Å². The molecule has 0 bridgehead atoms. The molecule has 4 heteroatoms. The maximum absolute atomic E-state index is 8.93. The average Bonchev–Trinajstić information content (AvgIpc) is 4.15. The first-order chi connectivity index (χ1) is 35.1. The molecule has 0 aromatic carbocycles. The van der Waals surface area contributed by atoms with Gasteiger partial charge in [-0.2, -0.15) is 0 Å². The average molecular weight is 1030 g/mol. The summed E-state index contributed by atoms with van der Waals surface area (Å²) in [5.74, 6) is 11.0. The first kappa shape index (κ1) is 62.0. The van der Waals surface area contributed by atoms with E-state index in [1.807, 2.05) is 6.08 Å². The summed E-state index contributed by atoms with van der Waals surface area (Å²) >= 11 is 0. The Labute approximate surface area is 459 Å². The van der Waals surface area contributed by atoms with Gasteiger partial charge in [0.1, 0.15) is 0 Å². The SMILES string of the molecule is C.C1CCOC1.CC(C)CCC[C@@H](C)[C@H]1CCC2C3CC=C4C[C@@H](OC/C=C/CCO)CC[C@]4(C)C3CC[C@@]21C.CCC/C=C/CO[C@H]1CC[C@@]2(C)C(=CCC3C2CC[C@@]2(C)C3CC[C@@H]2[C@H](C)CCCC(C)C)C1. The highest BCUT2D eigenvalue weighted by Gasteiger charge is 2.61. The minimum atomic E-state index is 0. The van der Waals surface area contributed by atoms with E-state index in [0.717, 1.165) is 104 Å². The minimum absolute atomic E-state index is 0. The monoisotopic (exact) mass is 1030 g/mol. The van der Waals surface area contributed by atoms with E-state index in [1.54, 1.807) is 11.1 Å². The molecule has 7 fully saturated rings. The molecule has 4 nitrogen and oxygen atoms in total. The van der Waals surface area contributed by atoms with Crippen LogP contribution in [0.4, 0.5) is 0 Å². The molecule has 16 atom stereocenters. The maximum atomic E-state index is 8.93. The smallest absolute Gasteiger partial charge is 0.0651 e. The molecule has 0 amide bonds. The van der Waals surface area contributed by atoms with Gasteiger partial charge in [-0.3, -0.25) is 0 Å². The summed E-state index contributed by atoms with van der Waals surface area (Å²) in [7, 11) is 0. The number of aliphatic hydroxyl groups excluding tert-OH is 1. The molecule has 1 saturated heterocycles. The highest BCUT2D eigenvalue weighted by molar-refractivity contribution is 5.27. The van der Waals surface area contributed by atoms with E-state index >= 15 is 0 Å². The van der Waals surface area contributed by atoms with E-state index in [1.165, 1.54) is 161 Å². The van der Waals surface area contributed by atoms with E-state index in [-0.39, 0.29) is 14.0 Å². The molecule has 9 rings (SSSR count). The molecule has 8 aliphatic carbocycles. The van der Waals surface area contributed by atoms with Crippen LogP contribution >= 0.6 is 0 Å². The molecule has 0 aromatic rings. The van der Waals surface area contributed by atoms with Gasteiger partial charge < -0.3 is 19.3 Å². The second-order valence-electron chi connectivity index (χ2n) is 28.5. The number of hydrogen-bond donors (Lipinski definition) is 1. The lowest BCUT2D eigenvalue weighted by molar-refractivity contribution is -0.0621. The summed E-state index contributed by atoms with van der Waals surface area (Å²) in [5.41, 5.74) is 5.54. The molecular formula is C70H122O4. The summed E-state index contributed by atoms with van der Waals surface area (Å²) in [6.45, 7) is 31.4. The third kappa shape index (κ3) is 14.6. The van der Waals surface area contributed by atoms with E-state index in [0.29, 0.717) is 40.5 Å². The first-order valence-corrected chi connectivity index (χ1v) is 32.2. The van der Waals surface area contributed by atoms with Crippen molar-refractivity contribution >= 4 is 0 Å². The Morgan fingerprint density at radius 3 is 1.41 bits per heavy atom. The number of rotatable bonds is 20. The van der Waals surface area contributed by atoms with Gasteiger partial charge in [-0.05, 0) is 221 Å². The summed E-state index contributed by atoms with van der Waals surface area (Å²) in [6.07, 6.45) is 51.2. The Hall–Kier alpha value is -1.20. The van der Waals surface area contributed by atoms with Crippen LogP contribution in [0.3, 0.4) is 0 Å². The van der Waals surface area contributed by atoms with Crippen LogP contribution < -0.4 is 0 Å². The number of allylic oxidation sites excluding steroid dienone is 3. The maximum Gasteiger partial charge on any atom is 0.0651 e. The van der Waals surface area contributed by atoms with Crippen molar-refractivity contribution in [2.75, 3.05) is 33.0 Å². The topological polar surface area (TPSA) is 47.9 Å². The molecule has 6 unspecified atom stereocenters. The molecule has 6 saturated carbocycles. The molecule has 0 spiro atoms. The van der Waals surface area contributed by atoms with Crippen molar-refractivity contribution in [3.8, 4) is 0 Å². The zero-order valence-electron chi connectivity index (χ0n) is 49.8. The van der Waals surface area contributed by atoms with Crippen molar-refractivity contribution in [1.82, 2.24) is 0 Å². The quantitative estimate of drug-likeness (QED) is 0.123.